The summed E-state index contributed by atoms with van der Waals surface area (Å²) in [7, 11) is -3.73. The summed E-state index contributed by atoms with van der Waals surface area (Å²) in [6.45, 7) is 2.36. The summed E-state index contributed by atoms with van der Waals surface area (Å²) in [5.74, 6) is -0.262. The van der Waals surface area contributed by atoms with Crippen molar-refractivity contribution in [2.45, 2.75) is 25.8 Å². The summed E-state index contributed by atoms with van der Waals surface area (Å²) in [6, 6.07) is 5.25. The summed E-state index contributed by atoms with van der Waals surface area (Å²) in [5, 5.41) is 8.06. The molecule has 23 heavy (non-hydrogen) atoms. The molecule has 0 bridgehead atoms. The van der Waals surface area contributed by atoms with Gasteiger partial charge in [-0.2, -0.15) is 12.7 Å². The van der Waals surface area contributed by atoms with Crippen molar-refractivity contribution in [2.24, 2.45) is 5.14 Å². The van der Waals surface area contributed by atoms with Gasteiger partial charge in [0.05, 0.1) is 5.69 Å². The molecule has 2 aromatic rings. The van der Waals surface area contributed by atoms with E-state index < -0.39 is 10.2 Å². The van der Waals surface area contributed by atoms with Crippen LogP contribution in [0, 0.1) is 6.92 Å². The number of nitrogens with one attached hydrogen (secondary N) is 1. The summed E-state index contributed by atoms with van der Waals surface area (Å²) in [5.41, 5.74) is 1.80. The van der Waals surface area contributed by atoms with Crippen molar-refractivity contribution in [1.29, 1.82) is 0 Å². The minimum atomic E-state index is -3.73. The number of hydrogen-bond donors (Lipinski definition) is 2. The van der Waals surface area contributed by atoms with Crippen molar-refractivity contribution in [1.82, 2.24) is 19.0 Å². The number of amides is 1. The lowest BCUT2D eigenvalue weighted by Gasteiger charge is -2.30. The monoisotopic (exact) mass is 337 g/mol. The molecule has 0 saturated carbocycles. The number of carbonyl (C=O) groups is 1. The third-order valence-electron chi connectivity index (χ3n) is 4.00. The second-order valence-corrected chi connectivity index (χ2v) is 7.24. The molecule has 1 aliphatic rings. The molecule has 0 spiro atoms. The number of hydrogen-bond acceptors (Lipinski definition) is 4. The van der Waals surface area contributed by atoms with Gasteiger partial charge in [-0.3, -0.25) is 9.20 Å². The first-order valence-electron chi connectivity index (χ1n) is 7.38. The Labute approximate surface area is 134 Å². The molecule has 0 unspecified atom stereocenters. The average molecular weight is 337 g/mol. The zero-order valence-electron chi connectivity index (χ0n) is 12.8. The van der Waals surface area contributed by atoms with E-state index in [1.54, 1.807) is 17.5 Å². The number of piperidine rings is 1. The Balaban J connectivity index is 1.80. The minimum absolute atomic E-state index is 0.195. The molecule has 0 aliphatic carbocycles. The number of imidazole rings is 1. The Hall–Kier alpha value is -1.97. The molecular weight excluding hydrogens is 318 g/mol. The van der Waals surface area contributed by atoms with Crippen LogP contribution in [-0.2, 0) is 10.2 Å². The number of pyridine rings is 1. The van der Waals surface area contributed by atoms with E-state index in [1.165, 1.54) is 4.31 Å². The van der Waals surface area contributed by atoms with Crippen LogP contribution in [0.3, 0.4) is 0 Å². The van der Waals surface area contributed by atoms with Crippen LogP contribution in [0.2, 0.25) is 0 Å². The van der Waals surface area contributed by atoms with Gasteiger partial charge in [-0.05, 0) is 31.9 Å². The van der Waals surface area contributed by atoms with Crippen LogP contribution >= 0.6 is 0 Å². The van der Waals surface area contributed by atoms with E-state index in [2.05, 4.69) is 10.3 Å². The number of carbonyl (C=O) groups excluding carboxylic acids is 1. The van der Waals surface area contributed by atoms with Gasteiger partial charge in [-0.25, -0.2) is 10.1 Å². The predicted octanol–water partition coefficient (Wildman–Crippen LogP) is 0.0404. The van der Waals surface area contributed by atoms with Gasteiger partial charge in [0.2, 0.25) is 0 Å². The Morgan fingerprint density at radius 2 is 2.22 bits per heavy atom. The fourth-order valence-corrected chi connectivity index (χ4v) is 3.70. The molecule has 3 rings (SSSR count). The lowest BCUT2D eigenvalue weighted by atomic mass is 10.1. The first-order valence-corrected chi connectivity index (χ1v) is 8.89. The molecule has 8 nitrogen and oxygen atoms in total. The van der Waals surface area contributed by atoms with E-state index in [4.69, 9.17) is 5.14 Å². The fraction of sp³-hybridized carbons (Fsp3) is 0.429. The zero-order valence-corrected chi connectivity index (χ0v) is 13.6. The van der Waals surface area contributed by atoms with E-state index in [0.717, 1.165) is 0 Å². The summed E-state index contributed by atoms with van der Waals surface area (Å²) >= 11 is 0. The van der Waals surface area contributed by atoms with E-state index in [-0.39, 0.29) is 18.5 Å². The molecule has 0 radical (unpaired) electrons. The molecule has 1 atom stereocenters. The normalized spacial score (nSPS) is 19.8. The second-order valence-electron chi connectivity index (χ2n) is 5.69. The number of nitrogens with two attached hydrogens (primary N) is 1. The largest absolute Gasteiger partial charge is 0.347 e. The van der Waals surface area contributed by atoms with E-state index in [0.29, 0.717) is 36.4 Å². The zero-order chi connectivity index (χ0) is 16.6. The SMILES string of the molecule is Cc1nc2ccccn2c1C(=O)N[C@H]1CCCN(S(N)(=O)=O)C1. The van der Waals surface area contributed by atoms with Crippen molar-refractivity contribution < 1.29 is 13.2 Å². The minimum Gasteiger partial charge on any atom is -0.347 e. The van der Waals surface area contributed by atoms with Crippen LogP contribution in [0.4, 0.5) is 0 Å². The van der Waals surface area contributed by atoms with Crippen LogP contribution in [0.1, 0.15) is 29.0 Å². The quantitative estimate of drug-likeness (QED) is 0.824. The van der Waals surface area contributed by atoms with Crippen molar-refractivity contribution in [2.75, 3.05) is 13.1 Å². The smallest absolute Gasteiger partial charge is 0.276 e. The van der Waals surface area contributed by atoms with Crippen LogP contribution < -0.4 is 10.5 Å². The highest BCUT2D eigenvalue weighted by Crippen LogP contribution is 2.15. The van der Waals surface area contributed by atoms with Crippen molar-refractivity contribution in [3.63, 3.8) is 0 Å². The van der Waals surface area contributed by atoms with Crippen LogP contribution in [0.15, 0.2) is 24.4 Å². The standard InChI is InChI=1S/C14H19N5O3S/c1-10-13(19-8-3-2-6-12(19)16-10)14(20)17-11-5-4-7-18(9-11)23(15,21)22/h2-3,6,8,11H,4-5,7,9H2,1H3,(H,17,20)(H2,15,21,22)/t11-/m0/s1. The Bertz CT molecular complexity index is 845. The average Bonchev–Trinajstić information content (AvgIpc) is 2.82. The molecular formula is C14H19N5O3S. The van der Waals surface area contributed by atoms with Gasteiger partial charge < -0.3 is 5.32 Å². The molecule has 1 aliphatic heterocycles. The van der Waals surface area contributed by atoms with Gasteiger partial charge in [0.1, 0.15) is 11.3 Å². The second kappa shape index (κ2) is 5.91. The van der Waals surface area contributed by atoms with Gasteiger partial charge in [0.25, 0.3) is 16.1 Å². The molecule has 1 saturated heterocycles. The summed E-state index contributed by atoms with van der Waals surface area (Å²) in [4.78, 5) is 17.0. The Kier molecular flexibility index (Phi) is 4.09. The molecule has 2 aromatic heterocycles. The van der Waals surface area contributed by atoms with Crippen LogP contribution in [0.5, 0.6) is 0 Å². The third-order valence-corrected chi connectivity index (χ3v) is 5.05. The van der Waals surface area contributed by atoms with E-state index in [9.17, 15) is 13.2 Å². The highest BCUT2D eigenvalue weighted by atomic mass is 32.2. The number of aryl methyl sites for hydroxylation is 1. The Morgan fingerprint density at radius 3 is 2.96 bits per heavy atom. The number of aromatic nitrogens is 2. The molecule has 0 aromatic carbocycles. The molecule has 3 N–H and O–H groups in total. The summed E-state index contributed by atoms with van der Waals surface area (Å²) < 4.78 is 25.8. The maximum Gasteiger partial charge on any atom is 0.276 e. The number of nitrogens with zero attached hydrogens (tertiary/aromatic N) is 3. The predicted molar refractivity (Wildman–Crippen MR) is 85.1 cm³/mol. The van der Waals surface area contributed by atoms with Gasteiger partial charge in [-0.15, -0.1) is 0 Å². The highest BCUT2D eigenvalue weighted by Gasteiger charge is 2.28. The molecule has 1 fully saturated rings. The first-order chi connectivity index (χ1) is 10.9. The van der Waals surface area contributed by atoms with Crippen LogP contribution in [0.25, 0.3) is 5.65 Å². The third kappa shape index (κ3) is 3.21. The Morgan fingerprint density at radius 1 is 1.43 bits per heavy atom. The van der Waals surface area contributed by atoms with Gasteiger partial charge in [-0.1, -0.05) is 6.07 Å². The maximum atomic E-state index is 12.6. The van der Waals surface area contributed by atoms with Gasteiger partial charge >= 0.3 is 0 Å². The molecule has 3 heterocycles. The topological polar surface area (TPSA) is 110 Å². The van der Waals surface area contributed by atoms with Gasteiger partial charge in [0, 0.05) is 25.3 Å². The van der Waals surface area contributed by atoms with Crippen molar-refractivity contribution in [3.8, 4) is 0 Å². The molecule has 124 valence electrons. The molecule has 1 amide bonds. The molecule has 9 heteroatoms. The maximum absolute atomic E-state index is 12.6. The highest BCUT2D eigenvalue weighted by molar-refractivity contribution is 7.86. The number of rotatable bonds is 3. The van der Waals surface area contributed by atoms with E-state index in [1.807, 2.05) is 18.2 Å². The van der Waals surface area contributed by atoms with Crippen molar-refractivity contribution >= 4 is 21.8 Å². The van der Waals surface area contributed by atoms with E-state index >= 15 is 0 Å². The fourth-order valence-electron chi connectivity index (χ4n) is 2.93. The first kappa shape index (κ1) is 15.9. The lowest BCUT2D eigenvalue weighted by Crippen LogP contribution is -2.51. The van der Waals surface area contributed by atoms with Gasteiger partial charge in [0.15, 0.2) is 0 Å². The summed E-state index contributed by atoms with van der Waals surface area (Å²) in [6.07, 6.45) is 3.16. The number of fused-ring (bicyclic) bond motifs is 1. The lowest BCUT2D eigenvalue weighted by molar-refractivity contribution is 0.0914. The van der Waals surface area contributed by atoms with Crippen LogP contribution in [-0.4, -0.2) is 47.1 Å². The van der Waals surface area contributed by atoms with Crippen molar-refractivity contribution in [3.05, 3.63) is 35.8 Å².